The van der Waals surface area contributed by atoms with Crippen molar-refractivity contribution in [3.8, 4) is 5.75 Å². The standard InChI is InChI=1S/C23H28N2O5S/c1-2-29-23(28)17-5-9-20(10-6-17)30-19-7-3-16(4-8-19)21(26)24-12-13-25-22(27)18-11-14-31-15-18/h3-4,7-8,11,14-15,17,20H,2,5-6,9-10,12-13H2,1H3,(H,24,26)(H,25,27). The molecule has 0 unspecified atom stereocenters. The van der Waals surface area contributed by atoms with Crippen LogP contribution in [0.15, 0.2) is 41.1 Å². The Bertz CT molecular complexity index is 859. The fourth-order valence-electron chi connectivity index (χ4n) is 3.50. The molecule has 1 aliphatic rings. The van der Waals surface area contributed by atoms with Crippen LogP contribution >= 0.6 is 11.3 Å². The molecule has 8 heteroatoms. The summed E-state index contributed by atoms with van der Waals surface area (Å²) in [5.41, 5.74) is 1.16. The predicted octanol–water partition coefficient (Wildman–Crippen LogP) is 3.41. The molecule has 1 saturated carbocycles. The fourth-order valence-corrected chi connectivity index (χ4v) is 4.14. The van der Waals surface area contributed by atoms with E-state index in [2.05, 4.69) is 10.6 Å². The molecule has 0 spiro atoms. The summed E-state index contributed by atoms with van der Waals surface area (Å²) < 4.78 is 11.1. The van der Waals surface area contributed by atoms with Crippen LogP contribution in [0.1, 0.15) is 53.3 Å². The molecule has 1 aromatic carbocycles. The Morgan fingerprint density at radius 1 is 0.935 bits per heavy atom. The number of hydrogen-bond donors (Lipinski definition) is 2. The summed E-state index contributed by atoms with van der Waals surface area (Å²) in [5.74, 6) is 0.224. The van der Waals surface area contributed by atoms with Crippen LogP contribution in [0.2, 0.25) is 0 Å². The van der Waals surface area contributed by atoms with Gasteiger partial charge in [-0.05, 0) is 68.3 Å². The van der Waals surface area contributed by atoms with Crippen molar-refractivity contribution in [2.24, 2.45) is 5.92 Å². The van der Waals surface area contributed by atoms with E-state index in [0.29, 0.717) is 36.6 Å². The van der Waals surface area contributed by atoms with Gasteiger partial charge in [0.25, 0.3) is 11.8 Å². The number of carbonyl (C=O) groups is 3. The number of carbonyl (C=O) groups excluding carboxylic acids is 3. The van der Waals surface area contributed by atoms with Gasteiger partial charge in [0.15, 0.2) is 0 Å². The van der Waals surface area contributed by atoms with E-state index in [4.69, 9.17) is 9.47 Å². The van der Waals surface area contributed by atoms with Gasteiger partial charge in [-0.15, -0.1) is 0 Å². The molecule has 3 rings (SSSR count). The molecule has 0 aliphatic heterocycles. The minimum absolute atomic E-state index is 0.0269. The number of nitrogens with one attached hydrogen (secondary N) is 2. The molecule has 31 heavy (non-hydrogen) atoms. The van der Waals surface area contributed by atoms with E-state index in [0.717, 1.165) is 25.7 Å². The monoisotopic (exact) mass is 444 g/mol. The maximum absolute atomic E-state index is 12.3. The van der Waals surface area contributed by atoms with Gasteiger partial charge in [0.2, 0.25) is 0 Å². The summed E-state index contributed by atoms with van der Waals surface area (Å²) in [6.07, 6.45) is 3.23. The number of thiophene rings is 1. The zero-order valence-corrected chi connectivity index (χ0v) is 18.4. The molecule has 2 amide bonds. The lowest BCUT2D eigenvalue weighted by Crippen LogP contribution is -2.34. The van der Waals surface area contributed by atoms with Gasteiger partial charge >= 0.3 is 5.97 Å². The summed E-state index contributed by atoms with van der Waals surface area (Å²) in [4.78, 5) is 35.9. The highest BCUT2D eigenvalue weighted by Gasteiger charge is 2.28. The van der Waals surface area contributed by atoms with Crippen LogP contribution in [0, 0.1) is 5.92 Å². The third kappa shape index (κ3) is 6.82. The molecule has 1 aromatic heterocycles. The second-order valence-electron chi connectivity index (χ2n) is 7.39. The molecular weight excluding hydrogens is 416 g/mol. The lowest BCUT2D eigenvalue weighted by atomic mass is 9.87. The first-order chi connectivity index (χ1) is 15.1. The second kappa shape index (κ2) is 11.5. The van der Waals surface area contributed by atoms with Crippen molar-refractivity contribution in [2.45, 2.75) is 38.7 Å². The van der Waals surface area contributed by atoms with Gasteiger partial charge in [0, 0.05) is 29.6 Å². The number of benzene rings is 1. The largest absolute Gasteiger partial charge is 0.490 e. The van der Waals surface area contributed by atoms with E-state index in [1.807, 2.05) is 12.3 Å². The van der Waals surface area contributed by atoms with Crippen molar-refractivity contribution < 1.29 is 23.9 Å². The van der Waals surface area contributed by atoms with Crippen LogP contribution in [0.4, 0.5) is 0 Å². The highest BCUT2D eigenvalue weighted by Crippen LogP contribution is 2.28. The normalized spacial score (nSPS) is 18.1. The van der Waals surface area contributed by atoms with Crippen molar-refractivity contribution in [2.75, 3.05) is 19.7 Å². The van der Waals surface area contributed by atoms with Crippen molar-refractivity contribution in [1.29, 1.82) is 0 Å². The molecule has 166 valence electrons. The Morgan fingerprint density at radius 3 is 2.16 bits per heavy atom. The van der Waals surface area contributed by atoms with Gasteiger partial charge in [0.1, 0.15) is 5.75 Å². The highest BCUT2D eigenvalue weighted by atomic mass is 32.1. The molecule has 7 nitrogen and oxygen atoms in total. The van der Waals surface area contributed by atoms with Crippen molar-refractivity contribution in [3.05, 3.63) is 52.2 Å². The Morgan fingerprint density at radius 2 is 1.58 bits per heavy atom. The third-order valence-electron chi connectivity index (χ3n) is 5.19. The van der Waals surface area contributed by atoms with Crippen molar-refractivity contribution in [3.63, 3.8) is 0 Å². The number of ether oxygens (including phenoxy) is 2. The average molecular weight is 445 g/mol. The lowest BCUT2D eigenvalue weighted by Gasteiger charge is -2.27. The first-order valence-corrected chi connectivity index (χ1v) is 11.5. The van der Waals surface area contributed by atoms with Crippen LogP contribution in [-0.4, -0.2) is 43.6 Å². The summed E-state index contributed by atoms with van der Waals surface area (Å²) in [7, 11) is 0. The molecule has 0 bridgehead atoms. The molecule has 1 aliphatic carbocycles. The molecule has 0 radical (unpaired) electrons. The summed E-state index contributed by atoms with van der Waals surface area (Å²) in [5, 5.41) is 9.19. The summed E-state index contributed by atoms with van der Waals surface area (Å²) >= 11 is 1.46. The number of hydrogen-bond acceptors (Lipinski definition) is 6. The third-order valence-corrected chi connectivity index (χ3v) is 5.88. The molecule has 2 N–H and O–H groups in total. The van der Waals surface area contributed by atoms with Gasteiger partial charge < -0.3 is 20.1 Å². The zero-order chi connectivity index (χ0) is 22.1. The number of amides is 2. The van der Waals surface area contributed by atoms with Crippen LogP contribution < -0.4 is 15.4 Å². The van der Waals surface area contributed by atoms with Crippen LogP contribution in [0.5, 0.6) is 5.75 Å². The molecule has 0 atom stereocenters. The minimum atomic E-state index is -0.203. The smallest absolute Gasteiger partial charge is 0.308 e. The fraction of sp³-hybridized carbons (Fsp3) is 0.435. The Kier molecular flexibility index (Phi) is 8.46. The SMILES string of the molecule is CCOC(=O)C1CCC(Oc2ccc(C(=O)NCCNC(=O)c3ccsc3)cc2)CC1. The van der Waals surface area contributed by atoms with Gasteiger partial charge in [-0.3, -0.25) is 14.4 Å². The highest BCUT2D eigenvalue weighted by molar-refractivity contribution is 7.08. The van der Waals surface area contributed by atoms with E-state index < -0.39 is 0 Å². The maximum Gasteiger partial charge on any atom is 0.308 e. The Hall–Kier alpha value is -2.87. The van der Waals surface area contributed by atoms with Crippen LogP contribution in [0.25, 0.3) is 0 Å². The van der Waals surface area contributed by atoms with E-state index >= 15 is 0 Å². The van der Waals surface area contributed by atoms with E-state index in [1.165, 1.54) is 11.3 Å². The minimum Gasteiger partial charge on any atom is -0.490 e. The first kappa shape index (κ1) is 22.8. The molecule has 1 heterocycles. The van der Waals surface area contributed by atoms with Gasteiger partial charge in [-0.25, -0.2) is 0 Å². The van der Waals surface area contributed by atoms with Gasteiger partial charge in [0.05, 0.1) is 18.6 Å². The average Bonchev–Trinajstić information content (AvgIpc) is 3.33. The lowest BCUT2D eigenvalue weighted by molar-refractivity contribution is -0.149. The molecule has 0 saturated heterocycles. The number of esters is 1. The Labute approximate surface area is 186 Å². The zero-order valence-electron chi connectivity index (χ0n) is 17.6. The predicted molar refractivity (Wildman–Crippen MR) is 118 cm³/mol. The first-order valence-electron chi connectivity index (χ1n) is 10.6. The van der Waals surface area contributed by atoms with Crippen LogP contribution in [0.3, 0.4) is 0 Å². The van der Waals surface area contributed by atoms with Crippen molar-refractivity contribution in [1.82, 2.24) is 10.6 Å². The number of rotatable bonds is 9. The van der Waals surface area contributed by atoms with Crippen molar-refractivity contribution >= 4 is 29.1 Å². The molecule has 2 aromatic rings. The van der Waals surface area contributed by atoms with E-state index in [-0.39, 0.29) is 29.8 Å². The van der Waals surface area contributed by atoms with Gasteiger partial charge in [-0.1, -0.05) is 0 Å². The van der Waals surface area contributed by atoms with Crippen LogP contribution in [-0.2, 0) is 9.53 Å². The molecular formula is C23H28N2O5S. The quantitative estimate of drug-likeness (QED) is 0.457. The van der Waals surface area contributed by atoms with E-state index in [9.17, 15) is 14.4 Å². The Balaban J connectivity index is 1.37. The molecule has 1 fully saturated rings. The summed E-state index contributed by atoms with van der Waals surface area (Å²) in [6, 6.07) is 8.77. The summed E-state index contributed by atoms with van der Waals surface area (Å²) in [6.45, 7) is 2.94. The van der Waals surface area contributed by atoms with E-state index in [1.54, 1.807) is 35.7 Å². The maximum atomic E-state index is 12.3. The second-order valence-corrected chi connectivity index (χ2v) is 8.17. The van der Waals surface area contributed by atoms with Gasteiger partial charge in [-0.2, -0.15) is 11.3 Å². The topological polar surface area (TPSA) is 93.7 Å².